The van der Waals surface area contributed by atoms with E-state index in [1.807, 2.05) is 32.0 Å². The lowest BCUT2D eigenvalue weighted by Crippen LogP contribution is -2.29. The van der Waals surface area contributed by atoms with Crippen LogP contribution in [0.1, 0.15) is 43.7 Å². The summed E-state index contributed by atoms with van der Waals surface area (Å²) in [6.07, 6.45) is 6.16. The molecule has 2 amide bonds. The molecule has 0 saturated carbocycles. The van der Waals surface area contributed by atoms with Crippen molar-refractivity contribution in [2.75, 3.05) is 11.9 Å². The van der Waals surface area contributed by atoms with Gasteiger partial charge >= 0.3 is 6.03 Å². The van der Waals surface area contributed by atoms with Crippen LogP contribution < -0.4 is 16.1 Å². The van der Waals surface area contributed by atoms with Crippen molar-refractivity contribution in [3.63, 3.8) is 0 Å². The van der Waals surface area contributed by atoms with E-state index in [4.69, 9.17) is 0 Å². The smallest absolute Gasteiger partial charge is 0.309 e. The molecule has 1 aromatic carbocycles. The maximum absolute atomic E-state index is 11.7. The average Bonchev–Trinajstić information content (AvgIpc) is 2.46. The number of nitrogens with one attached hydrogen (secondary N) is 3. The molecule has 0 aliphatic heterocycles. The maximum Gasteiger partial charge on any atom is 0.324 e. The summed E-state index contributed by atoms with van der Waals surface area (Å²) in [6, 6.07) is 5.62. The highest BCUT2D eigenvalue weighted by molar-refractivity contribution is 5.97. The van der Waals surface area contributed by atoms with Crippen LogP contribution >= 0.6 is 12.4 Å². The number of benzene rings is 1. The summed E-state index contributed by atoms with van der Waals surface area (Å²) in [4.78, 5) is 11.7. The number of rotatable bonds is 8. The molecule has 0 bridgehead atoms. The van der Waals surface area contributed by atoms with Crippen molar-refractivity contribution < 1.29 is 4.79 Å². The summed E-state index contributed by atoms with van der Waals surface area (Å²) in [5, 5.41) is 9.36. The van der Waals surface area contributed by atoms with Gasteiger partial charge in [-0.1, -0.05) is 44.4 Å². The number of nitrogens with zero attached hydrogens (tertiary/aromatic N) is 1. The van der Waals surface area contributed by atoms with Crippen LogP contribution in [0.15, 0.2) is 23.3 Å². The molecule has 0 saturated heterocycles. The Morgan fingerprint density at radius 3 is 2.50 bits per heavy atom. The van der Waals surface area contributed by atoms with Gasteiger partial charge in [0.05, 0.1) is 0 Å². The monoisotopic (exact) mass is 326 g/mol. The molecule has 0 radical (unpaired) electrons. The second kappa shape index (κ2) is 11.9. The zero-order valence-corrected chi connectivity index (χ0v) is 14.4. The molecule has 0 spiro atoms. The van der Waals surface area contributed by atoms with Gasteiger partial charge in [0, 0.05) is 12.2 Å². The molecule has 1 aromatic rings. The fraction of sp³-hybridized carbons (Fsp3) is 0.500. The predicted molar refractivity (Wildman–Crippen MR) is 96.0 cm³/mol. The highest BCUT2D eigenvalue weighted by Gasteiger charge is 2.05. The number of unbranched alkanes of at least 4 members (excludes halogenated alkanes) is 3. The summed E-state index contributed by atoms with van der Waals surface area (Å²) in [5.41, 5.74) is 5.83. The van der Waals surface area contributed by atoms with Crippen molar-refractivity contribution >= 4 is 30.5 Å². The second-order valence-corrected chi connectivity index (χ2v) is 5.09. The molecule has 6 heteroatoms. The first-order chi connectivity index (χ1) is 10.1. The van der Waals surface area contributed by atoms with Gasteiger partial charge in [-0.05, 0) is 31.4 Å². The van der Waals surface area contributed by atoms with Crippen molar-refractivity contribution in [3.05, 3.63) is 29.3 Å². The van der Waals surface area contributed by atoms with Gasteiger partial charge in [-0.25, -0.2) is 4.79 Å². The van der Waals surface area contributed by atoms with Gasteiger partial charge in [-0.15, -0.1) is 12.4 Å². The topological polar surface area (TPSA) is 65.5 Å². The largest absolute Gasteiger partial charge is 0.324 e. The number of hydrogen-bond donors (Lipinski definition) is 3. The molecular formula is C16H27ClN4O. The minimum absolute atomic E-state index is 0. The third-order valence-electron chi connectivity index (χ3n) is 3.21. The molecule has 0 aliphatic rings. The first-order valence-electron chi connectivity index (χ1n) is 7.53. The fourth-order valence-corrected chi connectivity index (χ4v) is 1.99. The van der Waals surface area contributed by atoms with Gasteiger partial charge < -0.3 is 10.7 Å². The Kier molecular flexibility index (Phi) is 10.9. The third-order valence-corrected chi connectivity index (χ3v) is 3.21. The van der Waals surface area contributed by atoms with Crippen LogP contribution in [0.3, 0.4) is 0 Å². The Labute approximate surface area is 139 Å². The number of hydrazone groups is 1. The van der Waals surface area contributed by atoms with Crippen LogP contribution in [-0.4, -0.2) is 18.9 Å². The van der Waals surface area contributed by atoms with Gasteiger partial charge in [0.1, 0.15) is 6.34 Å². The van der Waals surface area contributed by atoms with Crippen molar-refractivity contribution in [3.8, 4) is 0 Å². The summed E-state index contributed by atoms with van der Waals surface area (Å²) in [5.74, 6) is 0. The van der Waals surface area contributed by atoms with E-state index in [2.05, 4.69) is 28.1 Å². The number of aryl methyl sites for hydroxylation is 2. The molecule has 0 aliphatic carbocycles. The summed E-state index contributed by atoms with van der Waals surface area (Å²) in [6.45, 7) is 6.95. The van der Waals surface area contributed by atoms with E-state index < -0.39 is 0 Å². The van der Waals surface area contributed by atoms with Gasteiger partial charge in [0.25, 0.3) is 0 Å². The standard InChI is InChI=1S/C16H26N4O.ClH/c1-4-5-6-7-11-18-19-12-17-16(21)20-15-13(2)9-8-10-14(15)3;/h8-10,12,18H,4-7,11H2,1-3H3,(H2,17,19,20,21);1H. The normalized spacial score (nSPS) is 10.1. The van der Waals surface area contributed by atoms with E-state index in [0.29, 0.717) is 0 Å². The van der Waals surface area contributed by atoms with Gasteiger partial charge in [0.15, 0.2) is 0 Å². The minimum atomic E-state index is -0.288. The van der Waals surface area contributed by atoms with Crippen LogP contribution in [0, 0.1) is 13.8 Å². The SMILES string of the molecule is CCCCCCNN=CNC(=O)Nc1c(C)cccc1C.Cl. The van der Waals surface area contributed by atoms with Crippen molar-refractivity contribution in [2.45, 2.75) is 46.5 Å². The molecule has 0 fully saturated rings. The van der Waals surface area contributed by atoms with Gasteiger partial charge in [-0.2, -0.15) is 5.10 Å². The molecule has 0 unspecified atom stereocenters. The van der Waals surface area contributed by atoms with Gasteiger partial charge in [0.2, 0.25) is 0 Å². The van der Waals surface area contributed by atoms with Crippen LogP contribution in [0.25, 0.3) is 0 Å². The number of halogens is 1. The Balaban J connectivity index is 0.00000441. The number of amides is 2. The predicted octanol–water partition coefficient (Wildman–Crippen LogP) is 3.96. The average molecular weight is 327 g/mol. The second-order valence-electron chi connectivity index (χ2n) is 5.09. The van der Waals surface area contributed by atoms with Gasteiger partial charge in [-0.3, -0.25) is 5.32 Å². The van der Waals surface area contributed by atoms with Crippen molar-refractivity contribution in [1.82, 2.24) is 10.7 Å². The molecule has 3 N–H and O–H groups in total. The van der Waals surface area contributed by atoms with Crippen LogP contribution in [-0.2, 0) is 0 Å². The molecular weight excluding hydrogens is 300 g/mol. The Morgan fingerprint density at radius 2 is 1.86 bits per heavy atom. The van der Waals surface area contributed by atoms with Crippen molar-refractivity contribution in [2.24, 2.45) is 5.10 Å². The highest BCUT2D eigenvalue weighted by atomic mass is 35.5. The molecule has 0 heterocycles. The van der Waals surface area contributed by atoms with Crippen LogP contribution in [0.2, 0.25) is 0 Å². The number of carbonyl (C=O) groups excluding carboxylic acids is 1. The van der Waals surface area contributed by atoms with Crippen LogP contribution in [0.4, 0.5) is 10.5 Å². The Morgan fingerprint density at radius 1 is 1.18 bits per heavy atom. The first-order valence-corrected chi connectivity index (χ1v) is 7.53. The molecule has 0 atom stereocenters. The maximum atomic E-state index is 11.7. The molecule has 22 heavy (non-hydrogen) atoms. The lowest BCUT2D eigenvalue weighted by atomic mass is 10.1. The first kappa shape index (κ1) is 20.2. The molecule has 1 rings (SSSR count). The lowest BCUT2D eigenvalue weighted by molar-refractivity contribution is 0.256. The third kappa shape index (κ3) is 7.88. The Bertz CT molecular complexity index is 457. The number of urea groups is 1. The number of carbonyl (C=O) groups is 1. The van der Waals surface area contributed by atoms with E-state index in [-0.39, 0.29) is 18.4 Å². The number of para-hydroxylation sites is 1. The summed E-state index contributed by atoms with van der Waals surface area (Å²) < 4.78 is 0. The zero-order valence-electron chi connectivity index (χ0n) is 13.6. The van der Waals surface area contributed by atoms with Crippen LogP contribution in [0.5, 0.6) is 0 Å². The lowest BCUT2D eigenvalue weighted by Gasteiger charge is -2.10. The van der Waals surface area contributed by atoms with E-state index in [0.717, 1.165) is 29.8 Å². The minimum Gasteiger partial charge on any atom is -0.309 e. The number of anilines is 1. The van der Waals surface area contributed by atoms with E-state index in [1.54, 1.807) is 0 Å². The highest BCUT2D eigenvalue weighted by Crippen LogP contribution is 2.18. The van der Waals surface area contributed by atoms with E-state index in [1.165, 1.54) is 25.6 Å². The van der Waals surface area contributed by atoms with Crippen molar-refractivity contribution in [1.29, 1.82) is 0 Å². The summed E-state index contributed by atoms with van der Waals surface area (Å²) >= 11 is 0. The van der Waals surface area contributed by atoms with E-state index in [9.17, 15) is 4.79 Å². The molecule has 124 valence electrons. The molecule has 5 nitrogen and oxygen atoms in total. The molecule has 0 aromatic heterocycles. The zero-order chi connectivity index (χ0) is 15.5. The van der Waals surface area contributed by atoms with E-state index >= 15 is 0 Å². The Hall–Kier alpha value is -1.75. The number of hydrogen-bond acceptors (Lipinski definition) is 3. The summed E-state index contributed by atoms with van der Waals surface area (Å²) in [7, 11) is 0. The fourth-order valence-electron chi connectivity index (χ4n) is 1.99. The quantitative estimate of drug-likeness (QED) is 0.293.